The lowest BCUT2D eigenvalue weighted by Crippen LogP contribution is -2.13. The lowest BCUT2D eigenvalue weighted by atomic mass is 10.1. The van der Waals surface area contributed by atoms with E-state index in [4.69, 9.17) is 0 Å². The first-order valence-corrected chi connectivity index (χ1v) is 6.17. The van der Waals surface area contributed by atoms with Crippen LogP contribution in [0.1, 0.15) is 36.7 Å². The summed E-state index contributed by atoms with van der Waals surface area (Å²) in [6.45, 7) is 5.77. The van der Waals surface area contributed by atoms with Gasteiger partial charge in [0.15, 0.2) is 0 Å². The van der Waals surface area contributed by atoms with Crippen molar-refractivity contribution in [3.63, 3.8) is 0 Å². The summed E-state index contributed by atoms with van der Waals surface area (Å²) in [6.07, 6.45) is -4.35. The predicted molar refractivity (Wildman–Crippen MR) is 69.6 cm³/mol. The van der Waals surface area contributed by atoms with Crippen molar-refractivity contribution in [2.24, 2.45) is 0 Å². The summed E-state index contributed by atoms with van der Waals surface area (Å²) < 4.78 is 41.0. The fourth-order valence-corrected chi connectivity index (χ4v) is 2.25. The Bertz CT molecular complexity index is 579. The molecule has 0 unspecified atom stereocenters. The van der Waals surface area contributed by atoms with Crippen molar-refractivity contribution in [2.45, 2.75) is 32.9 Å². The topological polar surface area (TPSA) is 4.93 Å². The van der Waals surface area contributed by atoms with Crippen LogP contribution in [0.2, 0.25) is 0 Å². The van der Waals surface area contributed by atoms with Crippen LogP contribution in [0.25, 0.3) is 5.69 Å². The van der Waals surface area contributed by atoms with Crippen LogP contribution in [0.3, 0.4) is 0 Å². The summed E-state index contributed by atoms with van der Waals surface area (Å²) >= 11 is 0. The maximum Gasteiger partial charge on any atom is 0.418 e. The minimum atomic E-state index is -4.35. The molecule has 0 bridgehead atoms. The molecule has 19 heavy (non-hydrogen) atoms. The molecular formula is C15H16F3N. The van der Waals surface area contributed by atoms with Crippen molar-refractivity contribution >= 4 is 0 Å². The van der Waals surface area contributed by atoms with Crippen LogP contribution in [0.4, 0.5) is 13.2 Å². The van der Waals surface area contributed by atoms with Crippen LogP contribution in [0, 0.1) is 6.92 Å². The second kappa shape index (κ2) is 4.76. The first-order valence-electron chi connectivity index (χ1n) is 6.17. The number of hydrogen-bond acceptors (Lipinski definition) is 0. The van der Waals surface area contributed by atoms with Crippen LogP contribution in [0.15, 0.2) is 36.4 Å². The fourth-order valence-electron chi connectivity index (χ4n) is 2.25. The Morgan fingerprint density at radius 3 is 2.21 bits per heavy atom. The highest BCUT2D eigenvalue weighted by molar-refractivity contribution is 5.46. The van der Waals surface area contributed by atoms with E-state index < -0.39 is 11.7 Å². The molecule has 0 saturated carbocycles. The third-order valence-corrected chi connectivity index (χ3v) is 3.15. The second-order valence-electron chi connectivity index (χ2n) is 4.90. The number of halogens is 3. The molecule has 0 saturated heterocycles. The highest BCUT2D eigenvalue weighted by Crippen LogP contribution is 2.35. The third-order valence-electron chi connectivity index (χ3n) is 3.15. The second-order valence-corrected chi connectivity index (χ2v) is 4.90. The minimum Gasteiger partial charge on any atom is -0.317 e. The molecule has 102 valence electrons. The summed E-state index contributed by atoms with van der Waals surface area (Å²) in [7, 11) is 0. The van der Waals surface area contributed by atoms with Gasteiger partial charge in [0.25, 0.3) is 0 Å². The third kappa shape index (κ3) is 2.53. The van der Waals surface area contributed by atoms with Crippen LogP contribution in [-0.2, 0) is 6.18 Å². The molecule has 0 aliphatic rings. The molecule has 0 radical (unpaired) electrons. The van der Waals surface area contributed by atoms with Gasteiger partial charge in [-0.1, -0.05) is 26.0 Å². The number of hydrogen-bond donors (Lipinski definition) is 0. The van der Waals surface area contributed by atoms with Gasteiger partial charge in [0.2, 0.25) is 0 Å². The molecular weight excluding hydrogens is 251 g/mol. The van der Waals surface area contributed by atoms with E-state index in [0.29, 0.717) is 0 Å². The molecule has 0 atom stereocenters. The Labute approximate surface area is 110 Å². The minimum absolute atomic E-state index is 0.162. The lowest BCUT2D eigenvalue weighted by Gasteiger charge is -2.19. The van der Waals surface area contributed by atoms with Gasteiger partial charge in [-0.2, -0.15) is 13.2 Å². The molecule has 4 heteroatoms. The summed E-state index contributed by atoms with van der Waals surface area (Å²) in [5.41, 5.74) is 1.28. The van der Waals surface area contributed by atoms with Crippen molar-refractivity contribution in [3.05, 3.63) is 53.3 Å². The molecule has 2 rings (SSSR count). The van der Waals surface area contributed by atoms with Crippen LogP contribution in [-0.4, -0.2) is 4.57 Å². The van der Waals surface area contributed by atoms with Crippen molar-refractivity contribution in [1.29, 1.82) is 0 Å². The first kappa shape index (κ1) is 13.7. The Hall–Kier alpha value is -1.71. The average Bonchev–Trinajstić information content (AvgIpc) is 2.70. The molecule has 1 aromatic carbocycles. The summed E-state index contributed by atoms with van der Waals surface area (Å²) in [4.78, 5) is 0. The van der Waals surface area contributed by atoms with Gasteiger partial charge < -0.3 is 4.57 Å². The van der Waals surface area contributed by atoms with E-state index in [2.05, 4.69) is 0 Å². The summed E-state index contributed by atoms with van der Waals surface area (Å²) in [6, 6.07) is 9.42. The molecule has 0 fully saturated rings. The lowest BCUT2D eigenvalue weighted by molar-refractivity contribution is -0.137. The monoisotopic (exact) mass is 267 g/mol. The van der Waals surface area contributed by atoms with Crippen molar-refractivity contribution in [3.8, 4) is 5.69 Å². The number of benzene rings is 1. The molecule has 1 nitrogen and oxygen atoms in total. The first-order chi connectivity index (χ1) is 8.82. The molecule has 0 aliphatic heterocycles. The van der Waals surface area contributed by atoms with E-state index in [1.165, 1.54) is 12.1 Å². The zero-order chi connectivity index (χ0) is 14.2. The Balaban J connectivity index is 2.70. The van der Waals surface area contributed by atoms with E-state index in [0.717, 1.165) is 17.5 Å². The van der Waals surface area contributed by atoms with Crippen LogP contribution >= 0.6 is 0 Å². The molecule has 0 aliphatic carbocycles. The fraction of sp³-hybridized carbons (Fsp3) is 0.333. The molecule has 1 aromatic heterocycles. The molecule has 1 heterocycles. The van der Waals surface area contributed by atoms with Gasteiger partial charge >= 0.3 is 6.18 Å². The predicted octanol–water partition coefficient (Wildman–Crippen LogP) is 4.93. The average molecular weight is 267 g/mol. The SMILES string of the molecule is Cc1ccc(C(C)C)n1-c1ccccc1C(F)(F)F. The van der Waals surface area contributed by atoms with Crippen molar-refractivity contribution in [1.82, 2.24) is 4.57 Å². The number of para-hydroxylation sites is 1. The van der Waals surface area contributed by atoms with E-state index >= 15 is 0 Å². The standard InChI is InChI=1S/C15H16F3N/c1-10(2)13-9-8-11(3)19(13)14-7-5-4-6-12(14)15(16,17)18/h4-10H,1-3H3. The number of nitrogens with zero attached hydrogens (tertiary/aromatic N) is 1. The zero-order valence-corrected chi connectivity index (χ0v) is 11.1. The van der Waals surface area contributed by atoms with E-state index in [1.807, 2.05) is 32.9 Å². The van der Waals surface area contributed by atoms with E-state index in [-0.39, 0.29) is 11.6 Å². The van der Waals surface area contributed by atoms with Gasteiger partial charge in [0, 0.05) is 11.4 Å². The maximum absolute atomic E-state index is 13.1. The normalized spacial score (nSPS) is 12.2. The molecule has 0 N–H and O–H groups in total. The zero-order valence-electron chi connectivity index (χ0n) is 11.1. The number of rotatable bonds is 2. The molecule has 0 spiro atoms. The van der Waals surface area contributed by atoms with Crippen molar-refractivity contribution < 1.29 is 13.2 Å². The molecule has 2 aromatic rings. The van der Waals surface area contributed by atoms with E-state index in [9.17, 15) is 13.2 Å². The Kier molecular flexibility index (Phi) is 3.43. The van der Waals surface area contributed by atoms with Crippen LogP contribution in [0.5, 0.6) is 0 Å². The van der Waals surface area contributed by atoms with E-state index in [1.54, 1.807) is 10.6 Å². The van der Waals surface area contributed by atoms with Crippen molar-refractivity contribution in [2.75, 3.05) is 0 Å². The highest BCUT2D eigenvalue weighted by Gasteiger charge is 2.34. The van der Waals surface area contributed by atoms with Gasteiger partial charge in [-0.15, -0.1) is 0 Å². The summed E-state index contributed by atoms with van der Waals surface area (Å²) in [5.74, 6) is 0.162. The number of aryl methyl sites for hydroxylation is 1. The van der Waals surface area contributed by atoms with Gasteiger partial charge in [-0.05, 0) is 37.1 Å². The highest BCUT2D eigenvalue weighted by atomic mass is 19.4. The summed E-state index contributed by atoms with van der Waals surface area (Å²) in [5, 5.41) is 0. The Morgan fingerprint density at radius 1 is 1.00 bits per heavy atom. The Morgan fingerprint density at radius 2 is 1.63 bits per heavy atom. The van der Waals surface area contributed by atoms with Gasteiger partial charge in [0.1, 0.15) is 0 Å². The van der Waals surface area contributed by atoms with Gasteiger partial charge in [0.05, 0.1) is 11.3 Å². The quantitative estimate of drug-likeness (QED) is 0.727. The molecule has 0 amide bonds. The number of alkyl halides is 3. The largest absolute Gasteiger partial charge is 0.418 e. The van der Waals surface area contributed by atoms with Gasteiger partial charge in [-0.3, -0.25) is 0 Å². The van der Waals surface area contributed by atoms with Crippen LogP contribution < -0.4 is 0 Å². The maximum atomic E-state index is 13.1. The smallest absolute Gasteiger partial charge is 0.317 e. The van der Waals surface area contributed by atoms with Gasteiger partial charge in [-0.25, -0.2) is 0 Å². The number of aromatic nitrogens is 1.